The Morgan fingerprint density at radius 2 is 1.77 bits per heavy atom. The molecule has 4 rings (SSSR count). The number of methoxy groups -OCH3 is 1. The molecule has 0 saturated heterocycles. The highest BCUT2D eigenvalue weighted by Crippen LogP contribution is 2.30. The van der Waals surface area contributed by atoms with Gasteiger partial charge in [-0.05, 0) is 67.3 Å². The number of carbonyl (C=O) groups is 4. The van der Waals surface area contributed by atoms with Crippen molar-refractivity contribution in [3.05, 3.63) is 89.5 Å². The molecule has 10 heteroatoms. The molecule has 0 radical (unpaired) electrons. The summed E-state index contributed by atoms with van der Waals surface area (Å²) in [6.07, 6.45) is 1.68. The van der Waals surface area contributed by atoms with Gasteiger partial charge in [0.25, 0.3) is 5.91 Å². The molecule has 0 aromatic heterocycles. The molecule has 0 fully saturated rings. The summed E-state index contributed by atoms with van der Waals surface area (Å²) in [5.41, 5.74) is 3.10. The van der Waals surface area contributed by atoms with Crippen molar-refractivity contribution in [1.82, 2.24) is 10.6 Å². The number of urea groups is 1. The largest absolute Gasteiger partial charge is 0.497 e. The molecule has 3 aromatic rings. The van der Waals surface area contributed by atoms with Crippen LogP contribution in [0.2, 0.25) is 0 Å². The number of rotatable bonds is 9. The molecule has 208 valence electrons. The van der Waals surface area contributed by atoms with E-state index in [1.54, 1.807) is 54.3 Å². The van der Waals surface area contributed by atoms with Gasteiger partial charge in [-0.2, -0.15) is 0 Å². The number of aryl methyl sites for hydroxylation is 1. The van der Waals surface area contributed by atoms with E-state index in [9.17, 15) is 19.2 Å². The van der Waals surface area contributed by atoms with Gasteiger partial charge in [0.2, 0.25) is 5.91 Å². The highest BCUT2D eigenvalue weighted by molar-refractivity contribution is 6.01. The minimum atomic E-state index is -1.00. The first-order valence-corrected chi connectivity index (χ1v) is 13.0. The van der Waals surface area contributed by atoms with Crippen molar-refractivity contribution in [2.45, 2.75) is 25.8 Å². The molecule has 0 saturated carbocycles. The zero-order valence-corrected chi connectivity index (χ0v) is 22.4. The van der Waals surface area contributed by atoms with E-state index in [4.69, 9.17) is 9.47 Å². The second-order valence-electron chi connectivity index (χ2n) is 9.11. The Labute approximate surface area is 232 Å². The number of hydrogen-bond acceptors (Lipinski definition) is 6. The summed E-state index contributed by atoms with van der Waals surface area (Å²) in [5.74, 6) is -0.794. The van der Waals surface area contributed by atoms with Crippen LogP contribution >= 0.6 is 0 Å². The zero-order chi connectivity index (χ0) is 28.5. The molecule has 3 N–H and O–H groups in total. The Kier molecular flexibility index (Phi) is 9.35. The first-order valence-electron chi connectivity index (χ1n) is 13.0. The summed E-state index contributed by atoms with van der Waals surface area (Å²) in [4.78, 5) is 52.9. The normalized spacial score (nSPS) is 12.9. The minimum Gasteiger partial charge on any atom is -0.497 e. The number of carbonyl (C=O) groups excluding carboxylic acids is 4. The van der Waals surface area contributed by atoms with Crippen LogP contribution in [-0.4, -0.2) is 50.6 Å². The third-order valence-electron chi connectivity index (χ3n) is 6.40. The zero-order valence-electron chi connectivity index (χ0n) is 22.4. The molecule has 1 aliphatic heterocycles. The Balaban J connectivity index is 1.45. The van der Waals surface area contributed by atoms with Gasteiger partial charge >= 0.3 is 12.0 Å². The Morgan fingerprint density at radius 3 is 2.58 bits per heavy atom. The molecule has 1 atom stereocenters. The average molecular weight is 545 g/mol. The lowest BCUT2D eigenvalue weighted by Gasteiger charge is -2.33. The minimum absolute atomic E-state index is 0.232. The van der Waals surface area contributed by atoms with Crippen molar-refractivity contribution in [2.24, 2.45) is 0 Å². The lowest BCUT2D eigenvalue weighted by atomic mass is 9.99. The monoisotopic (exact) mass is 544 g/mol. The van der Waals surface area contributed by atoms with Crippen LogP contribution < -0.4 is 25.6 Å². The second-order valence-corrected chi connectivity index (χ2v) is 9.11. The van der Waals surface area contributed by atoms with E-state index in [0.717, 1.165) is 24.1 Å². The molecule has 1 aliphatic rings. The highest BCUT2D eigenvalue weighted by atomic mass is 16.5. The number of para-hydroxylation sites is 1. The van der Waals surface area contributed by atoms with Gasteiger partial charge in [-0.25, -0.2) is 9.59 Å². The van der Waals surface area contributed by atoms with Crippen molar-refractivity contribution in [3.8, 4) is 5.75 Å². The van der Waals surface area contributed by atoms with Crippen LogP contribution in [0.5, 0.6) is 5.75 Å². The fourth-order valence-electron chi connectivity index (χ4n) is 4.51. The molecule has 1 unspecified atom stereocenters. The molecule has 3 aromatic carbocycles. The van der Waals surface area contributed by atoms with E-state index in [0.29, 0.717) is 23.5 Å². The van der Waals surface area contributed by atoms with E-state index >= 15 is 0 Å². The molecule has 10 nitrogen and oxygen atoms in total. The maximum atomic E-state index is 13.8. The van der Waals surface area contributed by atoms with Crippen LogP contribution in [-0.2, 0) is 20.7 Å². The van der Waals surface area contributed by atoms with E-state index in [-0.39, 0.29) is 24.6 Å². The number of amides is 4. The standard InChI is InChI=1S/C30H32N4O6/c1-3-40-29(37)22-11-6-13-23(17-22)32-30(38)31-19-26(35)33-27(21-10-7-14-24(18-21)39-2)28(36)34-16-8-12-20-9-4-5-15-25(20)34/h4-7,9-11,13-15,17-18,27H,3,8,12,16,19H2,1-2H3,(H,33,35)(H2,31,32,38). The quantitative estimate of drug-likeness (QED) is 0.352. The van der Waals surface area contributed by atoms with Crippen molar-refractivity contribution in [2.75, 3.05) is 37.0 Å². The van der Waals surface area contributed by atoms with Gasteiger partial charge < -0.3 is 30.3 Å². The number of hydrogen-bond donors (Lipinski definition) is 3. The number of fused-ring (bicyclic) bond motifs is 1. The Morgan fingerprint density at radius 1 is 0.975 bits per heavy atom. The van der Waals surface area contributed by atoms with Gasteiger partial charge in [-0.1, -0.05) is 36.4 Å². The fourth-order valence-corrected chi connectivity index (χ4v) is 4.51. The van der Waals surface area contributed by atoms with Crippen LogP contribution in [0.15, 0.2) is 72.8 Å². The predicted molar refractivity (Wildman–Crippen MR) is 150 cm³/mol. The van der Waals surface area contributed by atoms with E-state index in [1.807, 2.05) is 24.3 Å². The van der Waals surface area contributed by atoms with Gasteiger partial charge in [-0.15, -0.1) is 0 Å². The van der Waals surface area contributed by atoms with E-state index in [1.165, 1.54) is 13.2 Å². The number of nitrogens with one attached hydrogen (secondary N) is 3. The van der Waals surface area contributed by atoms with Crippen LogP contribution in [0.3, 0.4) is 0 Å². The van der Waals surface area contributed by atoms with Gasteiger partial charge in [-0.3, -0.25) is 9.59 Å². The maximum absolute atomic E-state index is 13.8. The summed E-state index contributed by atoms with van der Waals surface area (Å²) in [6.45, 7) is 2.08. The Hall–Kier alpha value is -4.86. The second kappa shape index (κ2) is 13.3. The van der Waals surface area contributed by atoms with Gasteiger partial charge in [0.1, 0.15) is 11.8 Å². The van der Waals surface area contributed by atoms with Gasteiger partial charge in [0.15, 0.2) is 0 Å². The third-order valence-corrected chi connectivity index (χ3v) is 6.40. The average Bonchev–Trinajstić information content (AvgIpc) is 2.98. The fraction of sp³-hybridized carbons (Fsp3) is 0.267. The SMILES string of the molecule is CCOC(=O)c1cccc(NC(=O)NCC(=O)NC(C(=O)N2CCCc3ccccc32)c2cccc(OC)c2)c1. The molecule has 0 spiro atoms. The topological polar surface area (TPSA) is 126 Å². The molecular formula is C30H32N4O6. The molecule has 0 aliphatic carbocycles. The van der Waals surface area contributed by atoms with Crippen molar-refractivity contribution in [1.29, 1.82) is 0 Å². The van der Waals surface area contributed by atoms with Gasteiger partial charge in [0, 0.05) is 17.9 Å². The summed E-state index contributed by atoms with van der Waals surface area (Å²) in [7, 11) is 1.53. The summed E-state index contributed by atoms with van der Waals surface area (Å²) in [6, 6.07) is 19.3. The summed E-state index contributed by atoms with van der Waals surface area (Å²) < 4.78 is 10.3. The van der Waals surface area contributed by atoms with Crippen LogP contribution in [0.25, 0.3) is 0 Å². The number of anilines is 2. The van der Waals surface area contributed by atoms with E-state index < -0.39 is 23.9 Å². The molecule has 0 bridgehead atoms. The predicted octanol–water partition coefficient (Wildman–Crippen LogP) is 3.83. The van der Waals surface area contributed by atoms with Crippen molar-refractivity contribution in [3.63, 3.8) is 0 Å². The van der Waals surface area contributed by atoms with Crippen molar-refractivity contribution >= 4 is 35.2 Å². The third kappa shape index (κ3) is 6.96. The highest BCUT2D eigenvalue weighted by Gasteiger charge is 2.31. The van der Waals surface area contributed by atoms with E-state index in [2.05, 4.69) is 16.0 Å². The van der Waals surface area contributed by atoms with Crippen LogP contribution in [0.1, 0.15) is 40.9 Å². The Bertz CT molecular complexity index is 1390. The van der Waals surface area contributed by atoms with Crippen molar-refractivity contribution < 1.29 is 28.7 Å². The first-order chi connectivity index (χ1) is 19.4. The molecule has 4 amide bonds. The summed E-state index contributed by atoms with van der Waals surface area (Å²) >= 11 is 0. The number of benzene rings is 3. The smallest absolute Gasteiger partial charge is 0.338 e. The molecule has 40 heavy (non-hydrogen) atoms. The van der Waals surface area contributed by atoms with Crippen LogP contribution in [0.4, 0.5) is 16.2 Å². The van der Waals surface area contributed by atoms with Crippen LogP contribution in [0, 0.1) is 0 Å². The number of esters is 1. The first kappa shape index (κ1) is 28.2. The lowest BCUT2D eigenvalue weighted by molar-refractivity contribution is -0.127. The summed E-state index contributed by atoms with van der Waals surface area (Å²) in [5, 5.41) is 7.86. The maximum Gasteiger partial charge on any atom is 0.338 e. The number of nitrogens with zero attached hydrogens (tertiary/aromatic N) is 1. The molecule has 1 heterocycles. The van der Waals surface area contributed by atoms with Gasteiger partial charge in [0.05, 0.1) is 25.8 Å². The molecular weight excluding hydrogens is 512 g/mol. The lowest BCUT2D eigenvalue weighted by Crippen LogP contribution is -2.47. The number of ether oxygens (including phenoxy) is 2.